The molecule has 2 aromatic carbocycles. The van der Waals surface area contributed by atoms with Gasteiger partial charge in [-0.2, -0.15) is 71.8 Å². The molecule has 3 rings (SSSR count). The van der Waals surface area contributed by atoms with E-state index >= 15 is 0 Å². The molecule has 0 atom stereocenters. The molecule has 1 aliphatic rings. The first kappa shape index (κ1) is 30.5. The smallest absolute Gasteiger partial charge is 0 e. The van der Waals surface area contributed by atoms with Crippen molar-refractivity contribution in [3.05, 3.63) is 71.8 Å². The van der Waals surface area contributed by atoms with Gasteiger partial charge in [0.05, 0.1) is 0 Å². The number of hydrogen-bond donors (Lipinski definition) is 0. The van der Waals surface area contributed by atoms with E-state index in [0.717, 1.165) is 11.8 Å². The largest absolute Gasteiger partial charge is 0.184 e. The number of rotatable bonds is 4. The van der Waals surface area contributed by atoms with Crippen LogP contribution >= 0.6 is 0 Å². The molecule has 0 saturated heterocycles. The zero-order chi connectivity index (χ0) is 13.6. The van der Waals surface area contributed by atoms with Gasteiger partial charge in [-0.1, -0.05) is 0 Å². The Kier molecular flexibility index (Phi) is 22.9. The van der Waals surface area contributed by atoms with Gasteiger partial charge in [-0.15, -0.1) is 0 Å². The Balaban J connectivity index is 0. The monoisotopic (exact) mass is 610 g/mol. The van der Waals surface area contributed by atoms with Gasteiger partial charge in [-0.25, -0.2) is 0 Å². The fourth-order valence-electron chi connectivity index (χ4n) is 3.42. The summed E-state index contributed by atoms with van der Waals surface area (Å²) in [5.74, 6) is 1.77. The van der Waals surface area contributed by atoms with Crippen LogP contribution in [0.2, 0.25) is 0 Å². The van der Waals surface area contributed by atoms with E-state index in [1.54, 1.807) is 0 Å². The van der Waals surface area contributed by atoms with Crippen LogP contribution in [0.3, 0.4) is 0 Å². The fraction of sp³-hybridized carbons (Fsp3) is 0.400. The van der Waals surface area contributed by atoms with E-state index in [-0.39, 0.29) is 182 Å². The third kappa shape index (κ3) is 11.4. The molecule has 0 heterocycles. The molecule has 1 fully saturated rings. The maximum absolute atomic E-state index is 3.10. The standard InChI is InChI=1S/C20H22.2Rb.2Y/c1-3-7-17(8-4-1)15-19-11-13-20(14-12-19)16-18-9-5-2-6-10-18;;;;/h3-10,19-20H,11-16H2;;;;/q-2;;;;. The van der Waals surface area contributed by atoms with Crippen molar-refractivity contribution >= 4 is 116 Å². The molecule has 0 N–H and O–H groups in total. The normalized spacial score (nSPS) is 18.8. The molecule has 0 bridgehead atoms. The molecule has 0 unspecified atom stereocenters. The van der Waals surface area contributed by atoms with E-state index in [0.29, 0.717) is 0 Å². The summed E-state index contributed by atoms with van der Waals surface area (Å²) in [5, 5.41) is 0. The molecule has 1 saturated carbocycles. The van der Waals surface area contributed by atoms with Gasteiger partial charge in [0.25, 0.3) is 0 Å². The van der Waals surface area contributed by atoms with Crippen molar-refractivity contribution in [1.29, 1.82) is 0 Å². The average molecular weight is 611 g/mol. The molecule has 0 aromatic heterocycles. The second-order valence-electron chi connectivity index (χ2n) is 6.11. The minimum atomic E-state index is 0. The predicted molar refractivity (Wildman–Crippen MR) is 94.9 cm³/mol. The molecule has 4 radical (unpaired) electrons. The van der Waals surface area contributed by atoms with E-state index in [1.807, 2.05) is 24.3 Å². The zero-order valence-corrected chi connectivity index (χ0v) is 30.7. The zero-order valence-electron chi connectivity index (χ0n) is 15.2. The summed E-state index contributed by atoms with van der Waals surface area (Å²) in [6, 6.07) is 23.2. The summed E-state index contributed by atoms with van der Waals surface area (Å²) >= 11 is 0. The van der Waals surface area contributed by atoms with Crippen LogP contribution < -0.4 is 0 Å². The van der Waals surface area contributed by atoms with Crippen LogP contribution in [0.25, 0.3) is 0 Å². The van der Waals surface area contributed by atoms with Crippen LogP contribution in [0.15, 0.2) is 48.5 Å². The Morgan fingerprint density at radius 1 is 0.625 bits per heavy atom. The van der Waals surface area contributed by atoms with Crippen LogP contribution in [0.5, 0.6) is 0 Å². The van der Waals surface area contributed by atoms with E-state index in [9.17, 15) is 0 Å². The molecule has 2 aromatic rings. The Morgan fingerprint density at radius 3 is 1.21 bits per heavy atom. The number of benzene rings is 2. The molecule has 112 valence electrons. The Labute approximate surface area is 296 Å². The molecule has 4 heteroatoms. The molecule has 0 spiro atoms. The minimum Gasteiger partial charge on any atom is -0.184 e. The second kappa shape index (κ2) is 18.1. The molecule has 0 amide bonds. The van der Waals surface area contributed by atoms with E-state index in [2.05, 4.69) is 36.4 Å². The molecular weight excluding hydrogens is 589 g/mol. The van der Waals surface area contributed by atoms with Crippen molar-refractivity contribution in [3.8, 4) is 0 Å². The summed E-state index contributed by atoms with van der Waals surface area (Å²) in [6.45, 7) is 0. The molecule has 24 heavy (non-hydrogen) atoms. The first-order chi connectivity index (χ1) is 9.90. The molecular formula is C20H22Rb2Y2-2. The molecule has 0 nitrogen and oxygen atoms in total. The Morgan fingerprint density at radius 2 is 0.917 bits per heavy atom. The van der Waals surface area contributed by atoms with Crippen molar-refractivity contribution < 1.29 is 65.4 Å². The molecule has 0 aliphatic heterocycles. The number of hydrogen-bond acceptors (Lipinski definition) is 0. The summed E-state index contributed by atoms with van der Waals surface area (Å²) in [6.07, 6.45) is 8.07. The first-order valence-corrected chi connectivity index (χ1v) is 7.80. The fourth-order valence-corrected chi connectivity index (χ4v) is 3.42. The van der Waals surface area contributed by atoms with Crippen LogP contribution in [0.4, 0.5) is 0 Å². The van der Waals surface area contributed by atoms with Crippen LogP contribution in [-0.4, -0.2) is 116 Å². The van der Waals surface area contributed by atoms with Gasteiger partial charge >= 0.3 is 0 Å². The van der Waals surface area contributed by atoms with Gasteiger partial charge in [-0.3, -0.25) is 0 Å². The van der Waals surface area contributed by atoms with Crippen molar-refractivity contribution in [3.63, 3.8) is 0 Å². The summed E-state index contributed by atoms with van der Waals surface area (Å²) in [4.78, 5) is 0. The quantitative estimate of drug-likeness (QED) is 0.457. The third-order valence-corrected chi connectivity index (χ3v) is 4.59. The van der Waals surface area contributed by atoms with E-state index in [4.69, 9.17) is 0 Å². The maximum Gasteiger partial charge on any atom is 0 e. The van der Waals surface area contributed by atoms with Gasteiger partial charge in [0.15, 0.2) is 0 Å². The molecule has 1 aliphatic carbocycles. The topological polar surface area (TPSA) is 0 Å². The first-order valence-electron chi connectivity index (χ1n) is 7.80. The van der Waals surface area contributed by atoms with Crippen molar-refractivity contribution in [2.45, 2.75) is 38.5 Å². The predicted octanol–water partition coefficient (Wildman–Crippen LogP) is 4.11. The average Bonchev–Trinajstić information content (AvgIpc) is 2.51. The third-order valence-electron chi connectivity index (χ3n) is 4.59. The minimum absolute atomic E-state index is 0. The Hall–Kier alpha value is 4.26. The van der Waals surface area contributed by atoms with Crippen molar-refractivity contribution in [1.82, 2.24) is 0 Å². The second-order valence-corrected chi connectivity index (χ2v) is 6.11. The summed E-state index contributed by atoms with van der Waals surface area (Å²) in [5.41, 5.74) is 2.96. The van der Waals surface area contributed by atoms with Crippen molar-refractivity contribution in [2.24, 2.45) is 11.8 Å². The summed E-state index contributed by atoms with van der Waals surface area (Å²) < 4.78 is 0. The van der Waals surface area contributed by atoms with Crippen LogP contribution in [-0.2, 0) is 78.3 Å². The van der Waals surface area contributed by atoms with Crippen LogP contribution in [0.1, 0.15) is 36.8 Å². The Bertz CT molecular complexity index is 462. The van der Waals surface area contributed by atoms with Gasteiger partial charge < -0.3 is 0 Å². The van der Waals surface area contributed by atoms with Crippen molar-refractivity contribution in [2.75, 3.05) is 0 Å². The van der Waals surface area contributed by atoms with E-state index < -0.39 is 0 Å². The maximum atomic E-state index is 3.10. The van der Waals surface area contributed by atoms with Gasteiger partial charge in [0, 0.05) is 182 Å². The summed E-state index contributed by atoms with van der Waals surface area (Å²) in [7, 11) is 0. The SMILES string of the molecule is [Rb].[Rb].[Y].[Y].[c-]1ccc(CC2CCC(Cc3cc[c-]cc3)CC2)cc1. The van der Waals surface area contributed by atoms with Gasteiger partial charge in [-0.05, 0) is 50.4 Å². The van der Waals surface area contributed by atoms with Gasteiger partial charge in [0.2, 0.25) is 0 Å². The van der Waals surface area contributed by atoms with Gasteiger partial charge in [0.1, 0.15) is 0 Å². The van der Waals surface area contributed by atoms with E-state index in [1.165, 1.54) is 49.7 Å². The van der Waals surface area contributed by atoms with Crippen LogP contribution in [0, 0.1) is 24.0 Å².